The average Bonchev–Trinajstić information content (AvgIpc) is 3.44. The zero-order valence-corrected chi connectivity index (χ0v) is 18.4. The summed E-state index contributed by atoms with van der Waals surface area (Å²) in [5.41, 5.74) is 2.46. The van der Waals surface area contributed by atoms with Gasteiger partial charge in [-0.15, -0.1) is 0 Å². The summed E-state index contributed by atoms with van der Waals surface area (Å²) in [4.78, 5) is 44.4. The fraction of sp³-hybridized carbons (Fsp3) is 0.375. The van der Waals surface area contributed by atoms with Crippen molar-refractivity contribution < 1.29 is 18.8 Å². The molecule has 164 valence electrons. The van der Waals surface area contributed by atoms with E-state index in [-0.39, 0.29) is 28.6 Å². The fourth-order valence-corrected chi connectivity index (χ4v) is 6.71. The molecule has 4 aliphatic heterocycles. The molecule has 0 saturated carbocycles. The average molecular weight is 454 g/mol. The van der Waals surface area contributed by atoms with Gasteiger partial charge < -0.3 is 5.32 Å². The molecule has 6 rings (SSSR count). The van der Waals surface area contributed by atoms with Gasteiger partial charge >= 0.3 is 0 Å². The normalized spacial score (nSPS) is 30.8. The van der Waals surface area contributed by atoms with Gasteiger partial charge in [-0.25, -0.2) is 9.29 Å². The van der Waals surface area contributed by atoms with Crippen LogP contribution in [0.15, 0.2) is 30.3 Å². The monoisotopic (exact) mass is 453 g/mol. The summed E-state index contributed by atoms with van der Waals surface area (Å²) in [6, 6.07) is 7.59. The number of hydrogen-bond acceptors (Lipinski definition) is 4. The van der Waals surface area contributed by atoms with E-state index in [0.717, 1.165) is 46.2 Å². The summed E-state index contributed by atoms with van der Waals surface area (Å²) in [7, 11) is 0. The fourth-order valence-electron chi connectivity index (χ4n) is 6.54. The van der Waals surface area contributed by atoms with Gasteiger partial charge in [0.2, 0.25) is 17.7 Å². The van der Waals surface area contributed by atoms with Gasteiger partial charge in [-0.05, 0) is 57.0 Å². The number of nitrogens with one attached hydrogen (secondary N) is 1. The highest BCUT2D eigenvalue weighted by atomic mass is 35.5. The Kier molecular flexibility index (Phi) is 3.97. The number of rotatable bonds is 1. The molecule has 0 unspecified atom stereocenters. The van der Waals surface area contributed by atoms with E-state index in [1.165, 1.54) is 12.1 Å². The largest absolute Gasteiger partial charge is 0.324 e. The van der Waals surface area contributed by atoms with Gasteiger partial charge in [-0.2, -0.15) is 0 Å². The Balaban J connectivity index is 1.57. The molecule has 6 nitrogen and oxygen atoms in total. The van der Waals surface area contributed by atoms with Crippen LogP contribution < -0.4 is 10.2 Å². The van der Waals surface area contributed by atoms with Gasteiger partial charge in [0.25, 0.3) is 0 Å². The Morgan fingerprint density at radius 1 is 1.12 bits per heavy atom. The van der Waals surface area contributed by atoms with Gasteiger partial charge in [0.05, 0.1) is 22.5 Å². The molecular formula is C24H21ClFN3O3. The number of halogens is 2. The van der Waals surface area contributed by atoms with Gasteiger partial charge in [-0.3, -0.25) is 19.3 Å². The maximum atomic E-state index is 13.9. The molecule has 4 atom stereocenters. The minimum Gasteiger partial charge on any atom is -0.324 e. The molecule has 1 spiro atoms. The number of amides is 3. The number of nitrogens with zero attached hydrogens (tertiary/aromatic N) is 2. The number of benzene rings is 2. The lowest BCUT2D eigenvalue weighted by Crippen LogP contribution is -2.54. The van der Waals surface area contributed by atoms with E-state index in [1.807, 2.05) is 26.0 Å². The van der Waals surface area contributed by atoms with E-state index >= 15 is 0 Å². The molecule has 0 radical (unpaired) electrons. The molecule has 4 aliphatic rings. The summed E-state index contributed by atoms with van der Waals surface area (Å²) >= 11 is 5.95. The molecule has 0 bridgehead atoms. The van der Waals surface area contributed by atoms with Crippen molar-refractivity contribution >= 4 is 40.7 Å². The topological polar surface area (TPSA) is 69.7 Å². The maximum Gasteiger partial charge on any atom is 0.250 e. The number of imide groups is 1. The molecule has 2 aromatic rings. The first-order valence-corrected chi connectivity index (χ1v) is 11.2. The van der Waals surface area contributed by atoms with Gasteiger partial charge in [-0.1, -0.05) is 29.3 Å². The Morgan fingerprint density at radius 2 is 1.91 bits per heavy atom. The lowest BCUT2D eigenvalue weighted by Gasteiger charge is -2.36. The molecule has 1 N–H and O–H groups in total. The predicted octanol–water partition coefficient (Wildman–Crippen LogP) is 3.53. The first-order valence-electron chi connectivity index (χ1n) is 10.8. The van der Waals surface area contributed by atoms with Crippen LogP contribution >= 0.6 is 11.6 Å². The van der Waals surface area contributed by atoms with Crippen molar-refractivity contribution in [3.63, 3.8) is 0 Å². The molecule has 3 saturated heterocycles. The summed E-state index contributed by atoms with van der Waals surface area (Å²) in [6.07, 6.45) is 1.60. The highest BCUT2D eigenvalue weighted by molar-refractivity contribution is 6.32. The third-order valence-corrected chi connectivity index (χ3v) is 7.89. The molecular weight excluding hydrogens is 433 g/mol. The van der Waals surface area contributed by atoms with Crippen molar-refractivity contribution in [1.82, 2.24) is 4.90 Å². The van der Waals surface area contributed by atoms with Crippen molar-refractivity contribution in [2.24, 2.45) is 11.8 Å². The number of fused-ring (bicyclic) bond motifs is 7. The first-order chi connectivity index (χ1) is 15.3. The van der Waals surface area contributed by atoms with Crippen molar-refractivity contribution in [1.29, 1.82) is 0 Å². The van der Waals surface area contributed by atoms with E-state index in [2.05, 4.69) is 10.2 Å². The standard InChI is InChI=1S/C24H21ClFN3O3/c1-11-8-12(2)20-14(9-11)24(23(32)27-20)19-18(17-4-3-7-28(17)24)21(30)29(22(19)31)13-5-6-16(26)15(25)10-13/h5-6,8-10,17-19H,3-4,7H2,1-2H3,(H,27,32)/t17-,18-,19+,24-/m1/s1. The smallest absolute Gasteiger partial charge is 0.250 e. The minimum absolute atomic E-state index is 0.160. The quantitative estimate of drug-likeness (QED) is 0.671. The number of hydrogen-bond donors (Lipinski definition) is 1. The van der Waals surface area contributed by atoms with Crippen LogP contribution in [0.2, 0.25) is 5.02 Å². The molecule has 0 aromatic heterocycles. The highest BCUT2D eigenvalue weighted by Gasteiger charge is 2.74. The van der Waals surface area contributed by atoms with Crippen LogP contribution in [0.1, 0.15) is 29.5 Å². The summed E-state index contributed by atoms with van der Waals surface area (Å²) < 4.78 is 13.7. The lowest BCUT2D eigenvalue weighted by atomic mass is 9.75. The van der Waals surface area contributed by atoms with E-state index < -0.39 is 29.1 Å². The summed E-state index contributed by atoms with van der Waals surface area (Å²) in [6.45, 7) is 4.56. The van der Waals surface area contributed by atoms with Crippen LogP contribution in [0.5, 0.6) is 0 Å². The third kappa shape index (κ3) is 2.20. The summed E-state index contributed by atoms with van der Waals surface area (Å²) in [5, 5.41) is 2.86. The molecule has 2 aromatic carbocycles. The zero-order chi connectivity index (χ0) is 22.5. The second-order valence-electron chi connectivity index (χ2n) is 9.24. The molecule has 8 heteroatoms. The van der Waals surface area contributed by atoms with Crippen molar-refractivity contribution in [2.75, 3.05) is 16.8 Å². The minimum atomic E-state index is -1.22. The third-order valence-electron chi connectivity index (χ3n) is 7.60. The maximum absolute atomic E-state index is 13.9. The van der Waals surface area contributed by atoms with Crippen LogP contribution in [0.25, 0.3) is 0 Å². The van der Waals surface area contributed by atoms with Gasteiger partial charge in [0.15, 0.2) is 0 Å². The van der Waals surface area contributed by atoms with Crippen LogP contribution in [0, 0.1) is 31.5 Å². The predicted molar refractivity (Wildman–Crippen MR) is 117 cm³/mol. The van der Waals surface area contributed by atoms with Crippen LogP contribution in [-0.4, -0.2) is 35.2 Å². The number of carbonyl (C=O) groups excluding carboxylic acids is 3. The lowest BCUT2D eigenvalue weighted by molar-refractivity contribution is -0.135. The second-order valence-corrected chi connectivity index (χ2v) is 9.65. The molecule has 4 heterocycles. The Morgan fingerprint density at radius 3 is 2.66 bits per heavy atom. The van der Waals surface area contributed by atoms with Crippen LogP contribution in [-0.2, 0) is 19.9 Å². The molecule has 3 amide bonds. The van der Waals surface area contributed by atoms with E-state index in [9.17, 15) is 18.8 Å². The molecule has 32 heavy (non-hydrogen) atoms. The Labute approximate surface area is 189 Å². The van der Waals surface area contributed by atoms with Gasteiger partial charge in [0.1, 0.15) is 11.4 Å². The van der Waals surface area contributed by atoms with Crippen molar-refractivity contribution in [2.45, 2.75) is 38.3 Å². The number of anilines is 2. The summed E-state index contributed by atoms with van der Waals surface area (Å²) in [5.74, 6) is -3.12. The zero-order valence-electron chi connectivity index (χ0n) is 17.6. The number of carbonyl (C=O) groups is 3. The Bertz CT molecular complexity index is 1250. The first kappa shape index (κ1) is 19.9. The van der Waals surface area contributed by atoms with E-state index in [1.54, 1.807) is 0 Å². The van der Waals surface area contributed by atoms with E-state index in [4.69, 9.17) is 11.6 Å². The Hall–Kier alpha value is -2.77. The molecule has 3 fully saturated rings. The molecule has 0 aliphatic carbocycles. The SMILES string of the molecule is Cc1cc(C)c2c(c1)[C@]1(C(=O)N2)[C@@H]2C(=O)N(c3ccc(F)c(Cl)c3)C(=O)[C@@H]2[C@H]2CCCN21. The van der Waals surface area contributed by atoms with Crippen molar-refractivity contribution in [3.8, 4) is 0 Å². The second kappa shape index (κ2) is 6.39. The number of aryl methyl sites for hydroxylation is 2. The van der Waals surface area contributed by atoms with Gasteiger partial charge in [0, 0.05) is 17.3 Å². The van der Waals surface area contributed by atoms with Crippen LogP contribution in [0.4, 0.5) is 15.8 Å². The van der Waals surface area contributed by atoms with Crippen molar-refractivity contribution in [3.05, 3.63) is 57.9 Å². The van der Waals surface area contributed by atoms with E-state index in [0.29, 0.717) is 6.54 Å². The highest BCUT2D eigenvalue weighted by Crippen LogP contribution is 2.61. The van der Waals surface area contributed by atoms with Crippen LogP contribution in [0.3, 0.4) is 0 Å².